The van der Waals surface area contributed by atoms with E-state index >= 15 is 0 Å². The van der Waals surface area contributed by atoms with Gasteiger partial charge in [0.15, 0.2) is 0 Å². The van der Waals surface area contributed by atoms with E-state index in [1.165, 1.54) is 30.6 Å². The number of rotatable bonds is 3. The van der Waals surface area contributed by atoms with Crippen LogP contribution in [-0.2, 0) is 0 Å². The second-order valence-corrected chi connectivity index (χ2v) is 4.32. The molecule has 0 aliphatic carbocycles. The maximum Gasteiger partial charge on any atom is 0.255 e. The van der Waals surface area contributed by atoms with Gasteiger partial charge in [-0.2, -0.15) is 5.10 Å². The lowest BCUT2D eigenvalue weighted by Gasteiger charge is -2.10. The molecular weight excluding hydrogens is 271 g/mol. The molecule has 0 radical (unpaired) electrons. The fourth-order valence-electron chi connectivity index (χ4n) is 1.91. The van der Waals surface area contributed by atoms with Gasteiger partial charge in [0.1, 0.15) is 18.5 Å². The Labute approximate surface area is 120 Å². The van der Waals surface area contributed by atoms with Crippen LogP contribution in [-0.4, -0.2) is 20.7 Å². The highest BCUT2D eigenvalue weighted by atomic mass is 19.1. The Hall–Kier alpha value is -3.02. The minimum atomic E-state index is -0.380. The summed E-state index contributed by atoms with van der Waals surface area (Å²) in [5.74, 6) is -0.697. The first kappa shape index (κ1) is 13.0. The molecular formula is C15H11FN4O. The van der Waals surface area contributed by atoms with E-state index in [1.54, 1.807) is 23.1 Å². The van der Waals surface area contributed by atoms with Crippen molar-refractivity contribution < 1.29 is 9.18 Å². The number of aromatic nitrogens is 3. The van der Waals surface area contributed by atoms with Crippen LogP contribution in [0.15, 0.2) is 61.2 Å². The lowest BCUT2D eigenvalue weighted by atomic mass is 10.2. The summed E-state index contributed by atoms with van der Waals surface area (Å²) >= 11 is 0. The molecule has 1 amide bonds. The highest BCUT2D eigenvalue weighted by Crippen LogP contribution is 2.19. The Bertz CT molecular complexity index is 754. The smallest absolute Gasteiger partial charge is 0.255 e. The molecule has 0 saturated heterocycles. The van der Waals surface area contributed by atoms with E-state index in [9.17, 15) is 9.18 Å². The van der Waals surface area contributed by atoms with Crippen LogP contribution < -0.4 is 5.32 Å². The van der Waals surface area contributed by atoms with Gasteiger partial charge in [0, 0.05) is 5.56 Å². The topological polar surface area (TPSA) is 59.8 Å². The predicted octanol–water partition coefficient (Wildman–Crippen LogP) is 2.66. The summed E-state index contributed by atoms with van der Waals surface area (Å²) < 4.78 is 14.4. The average molecular weight is 282 g/mol. The number of nitrogens with one attached hydrogen (secondary N) is 1. The summed E-state index contributed by atoms with van der Waals surface area (Å²) in [6.45, 7) is 0. The Kier molecular flexibility index (Phi) is 3.42. The van der Waals surface area contributed by atoms with Gasteiger partial charge >= 0.3 is 0 Å². The highest BCUT2D eigenvalue weighted by molar-refractivity contribution is 6.05. The fourth-order valence-corrected chi connectivity index (χ4v) is 1.91. The second kappa shape index (κ2) is 5.54. The molecule has 1 N–H and O–H groups in total. The number of carbonyl (C=O) groups excluding carboxylic acids is 1. The Morgan fingerprint density at radius 1 is 1.10 bits per heavy atom. The van der Waals surface area contributed by atoms with E-state index in [0.29, 0.717) is 16.9 Å². The minimum absolute atomic E-state index is 0.317. The van der Waals surface area contributed by atoms with Crippen molar-refractivity contribution in [2.45, 2.75) is 0 Å². The van der Waals surface area contributed by atoms with E-state index in [0.717, 1.165) is 0 Å². The Morgan fingerprint density at radius 2 is 1.86 bits per heavy atom. The molecule has 2 aromatic carbocycles. The maximum atomic E-state index is 12.9. The molecule has 0 unspecified atom stereocenters. The Balaban J connectivity index is 1.88. The molecule has 104 valence electrons. The maximum absolute atomic E-state index is 12.9. The van der Waals surface area contributed by atoms with Gasteiger partial charge in [0.2, 0.25) is 0 Å². The molecule has 0 atom stereocenters. The largest absolute Gasteiger partial charge is 0.320 e. The van der Waals surface area contributed by atoms with Crippen molar-refractivity contribution in [2.75, 3.05) is 5.32 Å². The fraction of sp³-hybridized carbons (Fsp3) is 0. The van der Waals surface area contributed by atoms with Crippen LogP contribution in [0.1, 0.15) is 10.4 Å². The average Bonchev–Trinajstić information content (AvgIpc) is 3.02. The molecule has 21 heavy (non-hydrogen) atoms. The molecule has 0 bridgehead atoms. The van der Waals surface area contributed by atoms with Crippen LogP contribution in [0.25, 0.3) is 5.69 Å². The van der Waals surface area contributed by atoms with Crippen molar-refractivity contribution in [1.29, 1.82) is 0 Å². The van der Waals surface area contributed by atoms with Crippen molar-refractivity contribution in [1.82, 2.24) is 14.8 Å². The van der Waals surface area contributed by atoms with Crippen LogP contribution in [0.3, 0.4) is 0 Å². The zero-order valence-electron chi connectivity index (χ0n) is 10.9. The van der Waals surface area contributed by atoms with E-state index in [-0.39, 0.29) is 11.7 Å². The van der Waals surface area contributed by atoms with Crippen LogP contribution in [0, 0.1) is 5.82 Å². The van der Waals surface area contributed by atoms with Crippen LogP contribution in [0.4, 0.5) is 10.1 Å². The second-order valence-electron chi connectivity index (χ2n) is 4.32. The SMILES string of the molecule is O=C(Nc1ccccc1-n1cncn1)c1ccc(F)cc1. The summed E-state index contributed by atoms with van der Waals surface area (Å²) in [7, 11) is 0. The first-order chi connectivity index (χ1) is 10.2. The van der Waals surface area contributed by atoms with Crippen molar-refractivity contribution in [3.63, 3.8) is 0 Å². The summed E-state index contributed by atoms with van der Waals surface area (Å²) in [6.07, 6.45) is 2.96. The molecule has 1 aromatic heterocycles. The quantitative estimate of drug-likeness (QED) is 0.803. The van der Waals surface area contributed by atoms with E-state index < -0.39 is 0 Å². The normalized spacial score (nSPS) is 10.3. The van der Waals surface area contributed by atoms with Crippen molar-refractivity contribution in [3.05, 3.63) is 72.6 Å². The van der Waals surface area contributed by atoms with Crippen LogP contribution >= 0.6 is 0 Å². The molecule has 0 aliphatic heterocycles. The van der Waals surface area contributed by atoms with E-state index in [2.05, 4.69) is 15.4 Å². The van der Waals surface area contributed by atoms with E-state index in [1.807, 2.05) is 12.1 Å². The van der Waals surface area contributed by atoms with Gasteiger partial charge in [-0.05, 0) is 36.4 Å². The van der Waals surface area contributed by atoms with Gasteiger partial charge in [0.05, 0.1) is 11.4 Å². The zero-order valence-corrected chi connectivity index (χ0v) is 10.9. The van der Waals surface area contributed by atoms with Crippen molar-refractivity contribution in [3.8, 4) is 5.69 Å². The van der Waals surface area contributed by atoms with Crippen molar-refractivity contribution in [2.24, 2.45) is 0 Å². The summed E-state index contributed by atoms with van der Waals surface area (Å²) in [5, 5.41) is 6.83. The first-order valence-electron chi connectivity index (χ1n) is 6.25. The third kappa shape index (κ3) is 2.79. The molecule has 3 rings (SSSR count). The van der Waals surface area contributed by atoms with Gasteiger partial charge < -0.3 is 5.32 Å². The van der Waals surface area contributed by atoms with Crippen LogP contribution in [0.5, 0.6) is 0 Å². The van der Waals surface area contributed by atoms with E-state index in [4.69, 9.17) is 0 Å². The third-order valence-corrected chi connectivity index (χ3v) is 2.92. The molecule has 5 nitrogen and oxygen atoms in total. The molecule has 0 aliphatic rings. The lowest BCUT2D eigenvalue weighted by Crippen LogP contribution is -2.14. The monoisotopic (exact) mass is 282 g/mol. The predicted molar refractivity (Wildman–Crippen MR) is 75.7 cm³/mol. The van der Waals surface area contributed by atoms with Gasteiger partial charge in [-0.15, -0.1) is 0 Å². The van der Waals surface area contributed by atoms with Crippen LogP contribution in [0.2, 0.25) is 0 Å². The lowest BCUT2D eigenvalue weighted by molar-refractivity contribution is 0.102. The molecule has 3 aromatic rings. The molecule has 0 saturated carbocycles. The molecule has 6 heteroatoms. The molecule has 1 heterocycles. The zero-order chi connectivity index (χ0) is 14.7. The number of amides is 1. The summed E-state index contributed by atoms with van der Waals surface area (Å²) in [6, 6.07) is 12.6. The minimum Gasteiger partial charge on any atom is -0.320 e. The number of halogens is 1. The number of carbonyl (C=O) groups is 1. The number of nitrogens with zero attached hydrogens (tertiary/aromatic N) is 3. The van der Waals surface area contributed by atoms with Gasteiger partial charge in [-0.3, -0.25) is 4.79 Å². The third-order valence-electron chi connectivity index (χ3n) is 2.92. The van der Waals surface area contributed by atoms with Crippen molar-refractivity contribution >= 4 is 11.6 Å². The molecule has 0 fully saturated rings. The molecule has 0 spiro atoms. The number of para-hydroxylation sites is 2. The van der Waals surface area contributed by atoms with Gasteiger partial charge in [-0.25, -0.2) is 14.1 Å². The number of hydrogen-bond acceptors (Lipinski definition) is 3. The number of hydrogen-bond donors (Lipinski definition) is 1. The first-order valence-corrected chi connectivity index (χ1v) is 6.25. The summed E-state index contributed by atoms with van der Waals surface area (Å²) in [5.41, 5.74) is 1.67. The highest BCUT2D eigenvalue weighted by Gasteiger charge is 2.10. The summed E-state index contributed by atoms with van der Waals surface area (Å²) in [4.78, 5) is 16.1. The Morgan fingerprint density at radius 3 is 2.57 bits per heavy atom. The standard InChI is InChI=1S/C15H11FN4O/c16-12-7-5-11(6-8-12)15(21)19-13-3-1-2-4-14(13)20-10-17-9-18-20/h1-10H,(H,19,21). The number of anilines is 1. The van der Waals surface area contributed by atoms with Gasteiger partial charge in [0.25, 0.3) is 5.91 Å². The number of benzene rings is 2. The van der Waals surface area contributed by atoms with Gasteiger partial charge in [-0.1, -0.05) is 12.1 Å².